The van der Waals surface area contributed by atoms with Crippen molar-refractivity contribution < 1.29 is 4.79 Å². The van der Waals surface area contributed by atoms with Crippen LogP contribution >= 0.6 is 11.6 Å². The van der Waals surface area contributed by atoms with Crippen LogP contribution in [0.3, 0.4) is 0 Å². The predicted octanol–water partition coefficient (Wildman–Crippen LogP) is 4.11. The Kier molecular flexibility index (Phi) is 5.58. The van der Waals surface area contributed by atoms with Crippen LogP contribution in [0, 0.1) is 6.92 Å². The van der Waals surface area contributed by atoms with E-state index in [9.17, 15) is 4.79 Å². The molecule has 0 heterocycles. The van der Waals surface area contributed by atoms with Gasteiger partial charge < -0.3 is 5.32 Å². The van der Waals surface area contributed by atoms with E-state index in [-0.39, 0.29) is 11.9 Å². The smallest absolute Gasteiger partial charge is 0.241 e. The van der Waals surface area contributed by atoms with E-state index in [1.54, 1.807) is 12.1 Å². The van der Waals surface area contributed by atoms with E-state index in [1.807, 2.05) is 43.1 Å². The maximum absolute atomic E-state index is 12.4. The first-order valence-electron chi connectivity index (χ1n) is 7.29. The lowest BCUT2D eigenvalue weighted by Gasteiger charge is -2.24. The van der Waals surface area contributed by atoms with Crippen LogP contribution in [-0.2, 0) is 11.3 Å². The van der Waals surface area contributed by atoms with Gasteiger partial charge in [0.15, 0.2) is 0 Å². The molecule has 0 aliphatic heterocycles. The summed E-state index contributed by atoms with van der Waals surface area (Å²) >= 11 is 6.07. The van der Waals surface area contributed by atoms with Crippen LogP contribution in [0.4, 0.5) is 5.69 Å². The summed E-state index contributed by atoms with van der Waals surface area (Å²) in [6, 6.07) is 15.2. The molecule has 0 radical (unpaired) electrons. The molecule has 0 fully saturated rings. The Labute approximate surface area is 136 Å². The largest absolute Gasteiger partial charge is 0.323 e. The van der Waals surface area contributed by atoms with Gasteiger partial charge in [-0.15, -0.1) is 0 Å². The highest BCUT2D eigenvalue weighted by Crippen LogP contribution is 2.21. The fraction of sp³-hybridized carbons (Fsp3) is 0.278. The lowest BCUT2D eigenvalue weighted by molar-refractivity contribution is -0.120. The zero-order chi connectivity index (χ0) is 16.1. The molecule has 1 amide bonds. The zero-order valence-corrected chi connectivity index (χ0v) is 13.9. The fourth-order valence-corrected chi connectivity index (χ4v) is 2.38. The first-order chi connectivity index (χ1) is 10.5. The minimum atomic E-state index is -0.254. The van der Waals surface area contributed by atoms with Crippen molar-refractivity contribution in [2.75, 3.05) is 12.4 Å². The number of carbonyl (C=O) groups excluding carboxylic acids is 1. The molecular formula is C18H21ClN2O. The Morgan fingerprint density at radius 1 is 1.18 bits per heavy atom. The third-order valence-corrected chi connectivity index (χ3v) is 4.18. The number of likely N-dealkylation sites (N-methyl/N-ethyl adjacent to an activating group) is 1. The summed E-state index contributed by atoms with van der Waals surface area (Å²) in [4.78, 5) is 14.4. The number of halogens is 1. The van der Waals surface area contributed by atoms with E-state index >= 15 is 0 Å². The number of hydrogen-bond donors (Lipinski definition) is 1. The first-order valence-corrected chi connectivity index (χ1v) is 7.67. The number of benzene rings is 2. The van der Waals surface area contributed by atoms with Gasteiger partial charge in [0.05, 0.1) is 16.8 Å². The molecule has 1 atom stereocenters. The van der Waals surface area contributed by atoms with Gasteiger partial charge in [0.1, 0.15) is 0 Å². The summed E-state index contributed by atoms with van der Waals surface area (Å²) in [5.41, 5.74) is 3.10. The average Bonchev–Trinajstić information content (AvgIpc) is 2.51. The molecule has 22 heavy (non-hydrogen) atoms. The first kappa shape index (κ1) is 16.5. The molecule has 4 heteroatoms. The van der Waals surface area contributed by atoms with Crippen molar-refractivity contribution in [2.24, 2.45) is 0 Å². The third-order valence-electron chi connectivity index (χ3n) is 3.85. The summed E-state index contributed by atoms with van der Waals surface area (Å²) in [5.74, 6) is -0.0656. The van der Waals surface area contributed by atoms with Crippen LogP contribution in [0.15, 0.2) is 48.5 Å². The van der Waals surface area contributed by atoms with Gasteiger partial charge in [-0.05, 0) is 44.2 Å². The predicted molar refractivity (Wildman–Crippen MR) is 92.2 cm³/mol. The van der Waals surface area contributed by atoms with E-state index < -0.39 is 0 Å². The number of hydrogen-bond acceptors (Lipinski definition) is 2. The zero-order valence-electron chi connectivity index (χ0n) is 13.1. The highest BCUT2D eigenvalue weighted by Gasteiger charge is 2.19. The lowest BCUT2D eigenvalue weighted by Crippen LogP contribution is -2.39. The van der Waals surface area contributed by atoms with Gasteiger partial charge in [-0.2, -0.15) is 0 Å². The minimum absolute atomic E-state index is 0.0656. The van der Waals surface area contributed by atoms with Crippen LogP contribution in [0.25, 0.3) is 0 Å². The van der Waals surface area contributed by atoms with Crippen molar-refractivity contribution in [1.29, 1.82) is 0 Å². The second-order valence-electron chi connectivity index (χ2n) is 5.49. The highest BCUT2D eigenvalue weighted by molar-refractivity contribution is 6.33. The number of amides is 1. The number of nitrogens with one attached hydrogen (secondary N) is 1. The van der Waals surface area contributed by atoms with E-state index in [2.05, 4.69) is 24.4 Å². The lowest BCUT2D eigenvalue weighted by atomic mass is 10.1. The quantitative estimate of drug-likeness (QED) is 0.900. The molecule has 0 spiro atoms. The van der Waals surface area contributed by atoms with E-state index in [0.717, 1.165) is 6.54 Å². The summed E-state index contributed by atoms with van der Waals surface area (Å²) in [6.07, 6.45) is 0. The third kappa shape index (κ3) is 4.09. The molecule has 0 aliphatic rings. The van der Waals surface area contributed by atoms with Crippen molar-refractivity contribution in [1.82, 2.24) is 4.90 Å². The van der Waals surface area contributed by atoms with Gasteiger partial charge >= 0.3 is 0 Å². The Morgan fingerprint density at radius 2 is 1.82 bits per heavy atom. The van der Waals surface area contributed by atoms with Gasteiger partial charge in [-0.3, -0.25) is 9.69 Å². The van der Waals surface area contributed by atoms with Crippen molar-refractivity contribution in [3.8, 4) is 0 Å². The van der Waals surface area contributed by atoms with Crippen LogP contribution in [0.1, 0.15) is 18.1 Å². The van der Waals surface area contributed by atoms with Gasteiger partial charge in [0, 0.05) is 6.54 Å². The minimum Gasteiger partial charge on any atom is -0.323 e. The molecule has 2 aromatic carbocycles. The van der Waals surface area contributed by atoms with Crippen molar-refractivity contribution >= 4 is 23.2 Å². The summed E-state index contributed by atoms with van der Waals surface area (Å²) < 4.78 is 0. The average molecular weight is 317 g/mol. The molecule has 1 unspecified atom stereocenters. The van der Waals surface area contributed by atoms with E-state index in [1.165, 1.54) is 11.1 Å². The summed E-state index contributed by atoms with van der Waals surface area (Å²) in [5, 5.41) is 3.42. The number of carbonyl (C=O) groups is 1. The number of para-hydroxylation sites is 1. The summed E-state index contributed by atoms with van der Waals surface area (Å²) in [7, 11) is 1.95. The molecule has 1 N–H and O–H groups in total. The fourth-order valence-electron chi connectivity index (χ4n) is 2.19. The number of anilines is 1. The van der Waals surface area contributed by atoms with Crippen LogP contribution in [0.2, 0.25) is 5.02 Å². The normalized spacial score (nSPS) is 12.2. The van der Waals surface area contributed by atoms with Gasteiger partial charge in [-0.25, -0.2) is 0 Å². The SMILES string of the molecule is Cc1ccccc1CN(C)C(C)C(=O)Nc1ccccc1Cl. The second-order valence-corrected chi connectivity index (χ2v) is 5.89. The Hall–Kier alpha value is -1.84. The number of rotatable bonds is 5. The standard InChI is InChI=1S/C18H21ClN2O/c1-13-8-4-5-9-15(13)12-21(3)14(2)18(22)20-17-11-7-6-10-16(17)19/h4-11,14H,12H2,1-3H3,(H,20,22). The van der Waals surface area contributed by atoms with Crippen LogP contribution in [-0.4, -0.2) is 23.9 Å². The molecule has 3 nitrogen and oxygen atoms in total. The topological polar surface area (TPSA) is 32.3 Å². The van der Waals surface area contributed by atoms with E-state index in [4.69, 9.17) is 11.6 Å². The molecule has 0 saturated carbocycles. The second kappa shape index (κ2) is 7.43. The van der Waals surface area contributed by atoms with Gasteiger partial charge in [-0.1, -0.05) is 48.0 Å². The molecule has 0 aromatic heterocycles. The van der Waals surface area contributed by atoms with Crippen molar-refractivity contribution in [2.45, 2.75) is 26.4 Å². The number of aryl methyl sites for hydroxylation is 1. The number of nitrogens with zero attached hydrogens (tertiary/aromatic N) is 1. The Bertz CT molecular complexity index is 657. The van der Waals surface area contributed by atoms with Crippen LogP contribution < -0.4 is 5.32 Å². The molecule has 2 aromatic rings. The Balaban J connectivity index is 2.01. The van der Waals surface area contributed by atoms with Crippen LogP contribution in [0.5, 0.6) is 0 Å². The molecular weight excluding hydrogens is 296 g/mol. The van der Waals surface area contributed by atoms with Gasteiger partial charge in [0.2, 0.25) is 5.91 Å². The summed E-state index contributed by atoms with van der Waals surface area (Å²) in [6.45, 7) is 4.70. The van der Waals surface area contributed by atoms with E-state index in [0.29, 0.717) is 10.7 Å². The molecule has 0 aliphatic carbocycles. The molecule has 2 rings (SSSR count). The highest BCUT2D eigenvalue weighted by atomic mass is 35.5. The van der Waals surface area contributed by atoms with Crippen molar-refractivity contribution in [3.63, 3.8) is 0 Å². The van der Waals surface area contributed by atoms with Crippen molar-refractivity contribution in [3.05, 3.63) is 64.7 Å². The molecule has 116 valence electrons. The monoisotopic (exact) mass is 316 g/mol. The maximum Gasteiger partial charge on any atom is 0.241 e. The molecule has 0 bridgehead atoms. The Morgan fingerprint density at radius 3 is 2.50 bits per heavy atom. The molecule has 0 saturated heterocycles. The maximum atomic E-state index is 12.4. The van der Waals surface area contributed by atoms with Gasteiger partial charge in [0.25, 0.3) is 0 Å².